The van der Waals surface area contributed by atoms with Crippen molar-refractivity contribution in [2.75, 3.05) is 25.9 Å². The van der Waals surface area contributed by atoms with Crippen LogP contribution in [0.25, 0.3) is 0 Å². The summed E-state index contributed by atoms with van der Waals surface area (Å²) in [6, 6.07) is 10.6. The predicted octanol–water partition coefficient (Wildman–Crippen LogP) is 3.16. The van der Waals surface area contributed by atoms with E-state index < -0.39 is 0 Å². The van der Waals surface area contributed by atoms with Gasteiger partial charge in [-0.3, -0.25) is 9.69 Å². The van der Waals surface area contributed by atoms with Crippen molar-refractivity contribution in [1.82, 2.24) is 20.2 Å². The number of carbonyl (C=O) groups is 1. The fraction of sp³-hybridized carbons (Fsp3) is 0.421. The molecule has 0 bridgehead atoms. The van der Waals surface area contributed by atoms with Crippen molar-refractivity contribution in [2.24, 2.45) is 0 Å². The molecule has 1 amide bonds. The fourth-order valence-corrected chi connectivity index (χ4v) is 3.51. The van der Waals surface area contributed by atoms with Crippen LogP contribution >= 0.6 is 11.8 Å². The van der Waals surface area contributed by atoms with Crippen LogP contribution in [0.3, 0.4) is 0 Å². The third-order valence-electron chi connectivity index (χ3n) is 4.54. The second kappa shape index (κ2) is 8.97. The van der Waals surface area contributed by atoms with E-state index in [1.54, 1.807) is 12.4 Å². The van der Waals surface area contributed by atoms with Gasteiger partial charge in [-0.05, 0) is 37.8 Å². The molecule has 0 radical (unpaired) electrons. The van der Waals surface area contributed by atoms with Crippen molar-refractivity contribution in [3.8, 4) is 0 Å². The molecule has 1 atom stereocenters. The van der Waals surface area contributed by atoms with Gasteiger partial charge in [-0.25, -0.2) is 9.97 Å². The van der Waals surface area contributed by atoms with Crippen molar-refractivity contribution in [1.29, 1.82) is 0 Å². The normalized spacial score (nSPS) is 16.4. The van der Waals surface area contributed by atoms with E-state index in [1.807, 2.05) is 12.3 Å². The molecule has 132 valence electrons. The number of likely N-dealkylation sites (tertiary alicyclic amines) is 1. The molecule has 1 N–H and O–H groups in total. The van der Waals surface area contributed by atoms with Crippen LogP contribution in [-0.2, 0) is 0 Å². The standard InChI is InChI=1S/C19H24N4OS/c1-25-19-21-12-16(13-22-19)18(24)20-14-17(15-8-4-2-5-9-15)23-10-6-3-7-11-23/h2,4-5,8-9,12-13,17H,3,6-7,10-11,14H2,1H3,(H,20,24). The van der Waals surface area contributed by atoms with E-state index in [4.69, 9.17) is 0 Å². The molecule has 1 aromatic carbocycles. The van der Waals surface area contributed by atoms with Gasteiger partial charge < -0.3 is 5.32 Å². The number of rotatable bonds is 6. The highest BCUT2D eigenvalue weighted by atomic mass is 32.2. The minimum absolute atomic E-state index is 0.120. The average Bonchev–Trinajstić information content (AvgIpc) is 2.70. The summed E-state index contributed by atoms with van der Waals surface area (Å²) in [5.74, 6) is -0.120. The molecule has 0 spiro atoms. The van der Waals surface area contributed by atoms with Crippen molar-refractivity contribution in [3.05, 3.63) is 53.9 Å². The number of hydrogen-bond acceptors (Lipinski definition) is 5. The molecule has 2 heterocycles. The number of hydrogen-bond donors (Lipinski definition) is 1. The lowest BCUT2D eigenvalue weighted by Crippen LogP contribution is -2.40. The molecule has 0 saturated carbocycles. The maximum atomic E-state index is 12.4. The third-order valence-corrected chi connectivity index (χ3v) is 5.12. The lowest BCUT2D eigenvalue weighted by molar-refractivity contribution is 0.0923. The topological polar surface area (TPSA) is 58.1 Å². The van der Waals surface area contributed by atoms with Crippen LogP contribution < -0.4 is 5.32 Å². The van der Waals surface area contributed by atoms with E-state index >= 15 is 0 Å². The Morgan fingerprint density at radius 1 is 1.16 bits per heavy atom. The Hall–Kier alpha value is -1.92. The number of carbonyl (C=O) groups excluding carboxylic acids is 1. The second-order valence-electron chi connectivity index (χ2n) is 6.19. The predicted molar refractivity (Wildman–Crippen MR) is 101 cm³/mol. The summed E-state index contributed by atoms with van der Waals surface area (Å²) in [5, 5.41) is 3.74. The number of piperidine rings is 1. The van der Waals surface area contributed by atoms with Gasteiger partial charge in [-0.1, -0.05) is 48.5 Å². The van der Waals surface area contributed by atoms with Crippen LogP contribution in [0.5, 0.6) is 0 Å². The lowest BCUT2D eigenvalue weighted by atomic mass is 10.0. The first-order chi connectivity index (χ1) is 12.3. The Morgan fingerprint density at radius 2 is 1.84 bits per heavy atom. The molecule has 1 aliphatic heterocycles. The Kier molecular flexibility index (Phi) is 6.42. The zero-order chi connectivity index (χ0) is 17.5. The largest absolute Gasteiger partial charge is 0.350 e. The molecule has 1 saturated heterocycles. The Balaban J connectivity index is 1.68. The number of nitrogens with zero attached hydrogens (tertiary/aromatic N) is 3. The molecule has 5 nitrogen and oxygen atoms in total. The smallest absolute Gasteiger partial charge is 0.254 e. The summed E-state index contributed by atoms with van der Waals surface area (Å²) in [4.78, 5) is 23.3. The minimum atomic E-state index is -0.120. The molecular formula is C19H24N4OS. The van der Waals surface area contributed by atoms with E-state index in [0.717, 1.165) is 13.1 Å². The molecule has 0 aliphatic carbocycles. The zero-order valence-electron chi connectivity index (χ0n) is 14.5. The van der Waals surface area contributed by atoms with Gasteiger partial charge in [0.25, 0.3) is 5.91 Å². The van der Waals surface area contributed by atoms with Crippen LogP contribution in [-0.4, -0.2) is 46.7 Å². The molecule has 25 heavy (non-hydrogen) atoms. The highest BCUT2D eigenvalue weighted by molar-refractivity contribution is 7.98. The number of benzene rings is 1. The highest BCUT2D eigenvalue weighted by Gasteiger charge is 2.23. The van der Waals surface area contributed by atoms with E-state index in [1.165, 1.54) is 36.6 Å². The van der Waals surface area contributed by atoms with E-state index in [-0.39, 0.29) is 11.9 Å². The number of thioether (sulfide) groups is 1. The quantitative estimate of drug-likeness (QED) is 0.636. The molecule has 6 heteroatoms. The Labute approximate surface area is 153 Å². The first kappa shape index (κ1) is 17.9. The minimum Gasteiger partial charge on any atom is -0.350 e. The van der Waals surface area contributed by atoms with Crippen molar-refractivity contribution in [3.63, 3.8) is 0 Å². The Morgan fingerprint density at radius 3 is 2.48 bits per heavy atom. The summed E-state index contributed by atoms with van der Waals surface area (Å²) in [6.07, 6.45) is 8.84. The molecule has 1 aliphatic rings. The SMILES string of the molecule is CSc1ncc(C(=O)NCC(c2ccccc2)N2CCCCC2)cn1. The maximum Gasteiger partial charge on any atom is 0.254 e. The molecular weight excluding hydrogens is 332 g/mol. The summed E-state index contributed by atoms with van der Waals surface area (Å²) in [5.41, 5.74) is 1.75. The van der Waals surface area contributed by atoms with Crippen LogP contribution in [0, 0.1) is 0 Å². The van der Waals surface area contributed by atoms with Crippen LogP contribution in [0.1, 0.15) is 41.2 Å². The van der Waals surface area contributed by atoms with Gasteiger partial charge in [-0.2, -0.15) is 0 Å². The van der Waals surface area contributed by atoms with Crippen LogP contribution in [0.15, 0.2) is 47.9 Å². The number of amides is 1. The van der Waals surface area contributed by atoms with E-state index in [0.29, 0.717) is 17.3 Å². The molecule has 1 fully saturated rings. The first-order valence-corrected chi connectivity index (χ1v) is 9.93. The van der Waals surface area contributed by atoms with E-state index in [2.05, 4.69) is 44.5 Å². The van der Waals surface area contributed by atoms with Gasteiger partial charge >= 0.3 is 0 Å². The van der Waals surface area contributed by atoms with Gasteiger partial charge in [0, 0.05) is 18.9 Å². The number of nitrogens with one attached hydrogen (secondary N) is 1. The highest BCUT2D eigenvalue weighted by Crippen LogP contribution is 2.24. The molecule has 3 rings (SSSR count). The van der Waals surface area contributed by atoms with Crippen molar-refractivity contribution >= 4 is 17.7 Å². The fourth-order valence-electron chi connectivity index (χ4n) is 3.19. The summed E-state index contributed by atoms with van der Waals surface area (Å²) in [7, 11) is 0. The molecule has 1 unspecified atom stereocenters. The summed E-state index contributed by atoms with van der Waals surface area (Å²) in [6.45, 7) is 2.76. The third kappa shape index (κ3) is 4.80. The van der Waals surface area contributed by atoms with Gasteiger partial charge in [-0.15, -0.1) is 0 Å². The lowest BCUT2D eigenvalue weighted by Gasteiger charge is -2.35. The molecule has 1 aromatic heterocycles. The molecule has 2 aromatic rings. The summed E-state index contributed by atoms with van der Waals surface area (Å²) >= 11 is 1.46. The first-order valence-electron chi connectivity index (χ1n) is 8.71. The van der Waals surface area contributed by atoms with Gasteiger partial charge in [0.2, 0.25) is 0 Å². The average molecular weight is 356 g/mol. The maximum absolute atomic E-state index is 12.4. The van der Waals surface area contributed by atoms with Crippen LogP contribution in [0.4, 0.5) is 0 Å². The van der Waals surface area contributed by atoms with Crippen molar-refractivity contribution < 1.29 is 4.79 Å². The number of aromatic nitrogens is 2. The van der Waals surface area contributed by atoms with Gasteiger partial charge in [0.05, 0.1) is 11.6 Å². The van der Waals surface area contributed by atoms with Crippen molar-refractivity contribution in [2.45, 2.75) is 30.5 Å². The van der Waals surface area contributed by atoms with Crippen LogP contribution in [0.2, 0.25) is 0 Å². The van der Waals surface area contributed by atoms with Gasteiger partial charge in [0.1, 0.15) is 0 Å². The van der Waals surface area contributed by atoms with Gasteiger partial charge in [0.15, 0.2) is 5.16 Å². The monoisotopic (exact) mass is 356 g/mol. The zero-order valence-corrected chi connectivity index (χ0v) is 15.3. The summed E-state index contributed by atoms with van der Waals surface area (Å²) < 4.78 is 0. The Bertz CT molecular complexity index is 672. The van der Waals surface area contributed by atoms with E-state index in [9.17, 15) is 4.79 Å². The second-order valence-corrected chi connectivity index (χ2v) is 6.96.